The van der Waals surface area contributed by atoms with Crippen LogP contribution in [-0.4, -0.2) is 50.0 Å². The third kappa shape index (κ3) is 6.49. The zero-order valence-corrected chi connectivity index (χ0v) is 14.1. The smallest absolute Gasteiger partial charge is 0.304 e. The van der Waals surface area contributed by atoms with Gasteiger partial charge in [0.05, 0.1) is 11.9 Å². The van der Waals surface area contributed by atoms with Crippen molar-refractivity contribution in [3.8, 4) is 0 Å². The number of fused-ring (bicyclic) bond motifs is 1. The first-order chi connectivity index (χ1) is 11.1. The van der Waals surface area contributed by atoms with Crippen molar-refractivity contribution in [1.82, 2.24) is 20.3 Å². The average Bonchev–Trinajstić information content (AvgIpc) is 2.94. The third-order valence-corrected chi connectivity index (χ3v) is 5.29. The number of hydrogen-bond acceptors (Lipinski definition) is 6. The van der Waals surface area contributed by atoms with E-state index in [0.717, 1.165) is 17.1 Å². The predicted octanol–water partition coefficient (Wildman–Crippen LogP) is 1.86. The normalized spacial score (nSPS) is 10.8. The molecule has 2 heterocycles. The molecule has 0 fully saturated rings. The summed E-state index contributed by atoms with van der Waals surface area (Å²) in [6, 6.07) is 3.74. The topological polar surface area (TPSA) is 108 Å². The van der Waals surface area contributed by atoms with Crippen LogP contribution in [0.2, 0.25) is 0 Å². The van der Waals surface area contributed by atoms with Crippen LogP contribution in [0.25, 0.3) is 11.2 Å². The van der Waals surface area contributed by atoms with Crippen LogP contribution in [0.15, 0.2) is 18.3 Å². The highest BCUT2D eigenvalue weighted by Gasteiger charge is 2.06. The SMILES string of the molecule is O=C(O)CCSSCCNC(=O)CCc1nc2ncccc2[nH]1. The number of rotatable bonds is 10. The lowest BCUT2D eigenvalue weighted by atomic mass is 10.3. The van der Waals surface area contributed by atoms with Gasteiger partial charge in [-0.1, -0.05) is 21.6 Å². The van der Waals surface area contributed by atoms with Crippen LogP contribution in [0.3, 0.4) is 0 Å². The second kappa shape index (κ2) is 9.41. The van der Waals surface area contributed by atoms with Crippen molar-refractivity contribution < 1.29 is 14.7 Å². The minimum atomic E-state index is -0.785. The van der Waals surface area contributed by atoms with Crippen LogP contribution in [0, 0.1) is 0 Å². The molecule has 9 heteroatoms. The number of nitrogens with one attached hydrogen (secondary N) is 2. The van der Waals surface area contributed by atoms with Crippen LogP contribution >= 0.6 is 21.6 Å². The van der Waals surface area contributed by atoms with Gasteiger partial charge in [-0.25, -0.2) is 9.97 Å². The highest BCUT2D eigenvalue weighted by Crippen LogP contribution is 2.20. The van der Waals surface area contributed by atoms with Gasteiger partial charge in [0.25, 0.3) is 0 Å². The van der Waals surface area contributed by atoms with Crippen molar-refractivity contribution in [1.29, 1.82) is 0 Å². The molecule has 2 aromatic heterocycles. The molecular formula is C14H18N4O3S2. The Bertz CT molecular complexity index is 629. The number of aliphatic carboxylic acids is 1. The van der Waals surface area contributed by atoms with E-state index in [-0.39, 0.29) is 12.3 Å². The Kier molecular flexibility index (Phi) is 7.21. The molecule has 0 aliphatic carbocycles. The van der Waals surface area contributed by atoms with Gasteiger partial charge in [-0.15, -0.1) is 0 Å². The molecule has 2 rings (SSSR count). The van der Waals surface area contributed by atoms with Crippen LogP contribution in [0.1, 0.15) is 18.7 Å². The average molecular weight is 354 g/mol. The van der Waals surface area contributed by atoms with E-state index in [0.29, 0.717) is 30.8 Å². The summed E-state index contributed by atoms with van der Waals surface area (Å²) in [6.45, 7) is 0.575. The van der Waals surface area contributed by atoms with Crippen molar-refractivity contribution in [2.75, 3.05) is 18.1 Å². The molecule has 0 bridgehead atoms. The summed E-state index contributed by atoms with van der Waals surface area (Å²) >= 11 is 0. The van der Waals surface area contributed by atoms with E-state index in [2.05, 4.69) is 20.3 Å². The quantitative estimate of drug-likeness (QED) is 0.441. The maximum Gasteiger partial charge on any atom is 0.304 e. The number of carbonyl (C=O) groups excluding carboxylic acids is 1. The van der Waals surface area contributed by atoms with Gasteiger partial charge < -0.3 is 15.4 Å². The largest absolute Gasteiger partial charge is 0.481 e. The Morgan fingerprint density at radius 3 is 2.87 bits per heavy atom. The van der Waals surface area contributed by atoms with Crippen molar-refractivity contribution in [2.24, 2.45) is 0 Å². The number of imidazole rings is 1. The first kappa shape index (κ1) is 17.6. The summed E-state index contributed by atoms with van der Waals surface area (Å²) < 4.78 is 0. The zero-order chi connectivity index (χ0) is 16.5. The number of carboxylic acids is 1. The van der Waals surface area contributed by atoms with Gasteiger partial charge in [0.1, 0.15) is 5.82 Å². The number of aromatic nitrogens is 3. The van der Waals surface area contributed by atoms with Gasteiger partial charge in [-0.2, -0.15) is 0 Å². The highest BCUT2D eigenvalue weighted by atomic mass is 33.1. The molecule has 0 unspecified atom stereocenters. The molecule has 1 amide bonds. The predicted molar refractivity (Wildman–Crippen MR) is 92.4 cm³/mol. The van der Waals surface area contributed by atoms with E-state index < -0.39 is 5.97 Å². The number of carboxylic acid groups (broad SMARTS) is 1. The lowest BCUT2D eigenvalue weighted by Gasteiger charge is -2.03. The molecule has 0 radical (unpaired) electrons. The second-order valence-electron chi connectivity index (χ2n) is 4.70. The number of H-pyrrole nitrogens is 1. The molecule has 124 valence electrons. The molecule has 0 spiro atoms. The first-order valence-electron chi connectivity index (χ1n) is 7.17. The molecule has 7 nitrogen and oxygen atoms in total. The Balaban J connectivity index is 1.57. The van der Waals surface area contributed by atoms with E-state index >= 15 is 0 Å². The summed E-state index contributed by atoms with van der Waals surface area (Å²) in [5.41, 5.74) is 1.54. The van der Waals surface area contributed by atoms with Gasteiger partial charge in [-0.05, 0) is 12.1 Å². The maximum atomic E-state index is 11.7. The van der Waals surface area contributed by atoms with Gasteiger partial charge in [0, 0.05) is 37.1 Å². The Hall–Kier alpha value is -1.74. The number of nitrogens with zero attached hydrogens (tertiary/aromatic N) is 2. The Labute approximate surface area is 141 Å². The van der Waals surface area contributed by atoms with Crippen molar-refractivity contribution in [2.45, 2.75) is 19.3 Å². The molecule has 0 saturated carbocycles. The van der Waals surface area contributed by atoms with Crippen LogP contribution in [0.5, 0.6) is 0 Å². The second-order valence-corrected chi connectivity index (χ2v) is 7.40. The fourth-order valence-electron chi connectivity index (χ4n) is 1.81. The summed E-state index contributed by atoms with van der Waals surface area (Å²) in [5.74, 6) is 1.28. The lowest BCUT2D eigenvalue weighted by molar-refractivity contribution is -0.136. The molecule has 0 aromatic carbocycles. The summed E-state index contributed by atoms with van der Waals surface area (Å²) in [4.78, 5) is 33.7. The third-order valence-electron chi connectivity index (χ3n) is 2.89. The Morgan fingerprint density at radius 2 is 2.09 bits per heavy atom. The number of aromatic amines is 1. The fourth-order valence-corrected chi connectivity index (χ4v) is 3.70. The van der Waals surface area contributed by atoms with Gasteiger partial charge >= 0.3 is 5.97 Å². The van der Waals surface area contributed by atoms with E-state index in [1.807, 2.05) is 12.1 Å². The number of carbonyl (C=O) groups is 2. The van der Waals surface area contributed by atoms with Crippen molar-refractivity contribution in [3.05, 3.63) is 24.2 Å². The first-order valence-corrected chi connectivity index (χ1v) is 9.66. The molecule has 0 aliphatic rings. The van der Waals surface area contributed by atoms with E-state index in [4.69, 9.17) is 5.11 Å². The fraction of sp³-hybridized carbons (Fsp3) is 0.429. The minimum absolute atomic E-state index is 0.0189. The number of amides is 1. The van der Waals surface area contributed by atoms with E-state index in [9.17, 15) is 9.59 Å². The lowest BCUT2D eigenvalue weighted by Crippen LogP contribution is -2.25. The molecule has 0 aliphatic heterocycles. The van der Waals surface area contributed by atoms with Crippen LogP contribution in [0.4, 0.5) is 0 Å². The van der Waals surface area contributed by atoms with Crippen LogP contribution < -0.4 is 5.32 Å². The number of aryl methyl sites for hydroxylation is 1. The minimum Gasteiger partial charge on any atom is -0.481 e. The molecule has 23 heavy (non-hydrogen) atoms. The van der Waals surface area contributed by atoms with E-state index in [1.54, 1.807) is 17.0 Å². The van der Waals surface area contributed by atoms with Crippen molar-refractivity contribution in [3.63, 3.8) is 0 Å². The monoisotopic (exact) mass is 354 g/mol. The summed E-state index contributed by atoms with van der Waals surface area (Å²) in [7, 11) is 3.07. The van der Waals surface area contributed by atoms with Crippen LogP contribution in [-0.2, 0) is 16.0 Å². The van der Waals surface area contributed by atoms with Gasteiger partial charge in [0.15, 0.2) is 5.65 Å². The molecule has 0 atom stereocenters. The zero-order valence-electron chi connectivity index (χ0n) is 12.4. The summed E-state index contributed by atoms with van der Waals surface area (Å²) in [5, 5.41) is 11.3. The van der Waals surface area contributed by atoms with Crippen molar-refractivity contribution >= 4 is 44.6 Å². The van der Waals surface area contributed by atoms with E-state index in [1.165, 1.54) is 10.8 Å². The highest BCUT2D eigenvalue weighted by molar-refractivity contribution is 8.76. The molecular weight excluding hydrogens is 336 g/mol. The Morgan fingerprint density at radius 1 is 1.26 bits per heavy atom. The molecule has 3 N–H and O–H groups in total. The maximum absolute atomic E-state index is 11.7. The molecule has 2 aromatic rings. The molecule has 0 saturated heterocycles. The summed E-state index contributed by atoms with van der Waals surface area (Å²) in [6.07, 6.45) is 2.77. The van der Waals surface area contributed by atoms with Gasteiger partial charge in [0.2, 0.25) is 5.91 Å². The number of hydrogen-bond donors (Lipinski definition) is 3. The number of pyridine rings is 1. The van der Waals surface area contributed by atoms with Gasteiger partial charge in [-0.3, -0.25) is 9.59 Å². The standard InChI is InChI=1S/C14H18N4O3S2/c19-12(15-7-9-23-22-8-5-13(20)21)4-3-11-17-10-2-1-6-16-14(10)18-11/h1-2,6H,3-5,7-9H2,(H,15,19)(H,20,21)(H,16,17,18).